The van der Waals surface area contributed by atoms with Crippen LogP contribution in [0.2, 0.25) is 0 Å². The summed E-state index contributed by atoms with van der Waals surface area (Å²) < 4.78 is 0. The molecule has 1 N–H and O–H groups in total. The van der Waals surface area contributed by atoms with E-state index < -0.39 is 0 Å². The Morgan fingerprint density at radius 2 is 0.951 bits per heavy atom. The van der Waals surface area contributed by atoms with E-state index in [4.69, 9.17) is 0 Å². The van der Waals surface area contributed by atoms with Crippen LogP contribution in [-0.2, 0) is 19.3 Å². The number of para-hydroxylation sites is 1. The average molecular weight is 578 g/mol. The summed E-state index contributed by atoms with van der Waals surface area (Å²) in [5.74, 6) is 0. The second-order valence-electron chi connectivity index (χ2n) is 12.7. The molecule has 3 rings (SSSR count). The first-order chi connectivity index (χ1) is 20.3. The molecular weight excluding hydrogens is 515 g/mol. The SMILES string of the molecule is CCCCCCCCCc1cc2c(c(CCCCCCCCC)c1CCCCCCCCC)Nc1ccccc1S2. The van der Waals surface area contributed by atoms with Crippen LogP contribution in [0.4, 0.5) is 11.4 Å². The third kappa shape index (κ3) is 12.4. The largest absolute Gasteiger partial charge is 0.353 e. The van der Waals surface area contributed by atoms with Crippen LogP contribution in [0.15, 0.2) is 40.1 Å². The third-order valence-electron chi connectivity index (χ3n) is 9.08. The fourth-order valence-electron chi connectivity index (χ4n) is 6.54. The lowest BCUT2D eigenvalue weighted by atomic mass is 9.88. The summed E-state index contributed by atoms with van der Waals surface area (Å²) in [5.41, 5.74) is 7.81. The Kier molecular flexibility index (Phi) is 17.7. The predicted molar refractivity (Wildman–Crippen MR) is 185 cm³/mol. The highest BCUT2D eigenvalue weighted by molar-refractivity contribution is 7.99. The zero-order valence-corrected chi connectivity index (χ0v) is 28.1. The molecule has 1 aliphatic heterocycles. The molecule has 2 aromatic rings. The van der Waals surface area contributed by atoms with Crippen molar-refractivity contribution in [2.24, 2.45) is 0 Å². The van der Waals surface area contributed by atoms with Crippen LogP contribution in [0.1, 0.15) is 172 Å². The molecule has 0 amide bonds. The maximum absolute atomic E-state index is 3.95. The molecule has 0 unspecified atom stereocenters. The van der Waals surface area contributed by atoms with Gasteiger partial charge in [-0.05, 0) is 73.4 Å². The first kappa shape index (κ1) is 34.1. The van der Waals surface area contributed by atoms with Gasteiger partial charge >= 0.3 is 0 Å². The summed E-state index contributed by atoms with van der Waals surface area (Å²) in [6.07, 6.45) is 32.9. The van der Waals surface area contributed by atoms with Gasteiger partial charge in [-0.25, -0.2) is 0 Å². The second kappa shape index (κ2) is 21.3. The quantitative estimate of drug-likeness (QED) is 0.106. The molecule has 0 saturated heterocycles. The number of fused-ring (bicyclic) bond motifs is 2. The Morgan fingerprint density at radius 3 is 1.51 bits per heavy atom. The van der Waals surface area contributed by atoms with Crippen molar-refractivity contribution in [3.63, 3.8) is 0 Å². The fourth-order valence-corrected chi connectivity index (χ4v) is 7.63. The second-order valence-corrected chi connectivity index (χ2v) is 13.8. The molecule has 2 aromatic carbocycles. The maximum Gasteiger partial charge on any atom is 0.0561 e. The van der Waals surface area contributed by atoms with Gasteiger partial charge in [0.2, 0.25) is 0 Å². The van der Waals surface area contributed by atoms with Gasteiger partial charge in [-0.3, -0.25) is 0 Å². The molecule has 1 aliphatic rings. The van der Waals surface area contributed by atoms with E-state index >= 15 is 0 Å². The van der Waals surface area contributed by atoms with E-state index in [0.29, 0.717) is 0 Å². The van der Waals surface area contributed by atoms with Gasteiger partial charge in [-0.2, -0.15) is 0 Å². The van der Waals surface area contributed by atoms with Gasteiger partial charge in [0, 0.05) is 9.79 Å². The van der Waals surface area contributed by atoms with Gasteiger partial charge in [-0.15, -0.1) is 0 Å². The van der Waals surface area contributed by atoms with Gasteiger partial charge in [0.15, 0.2) is 0 Å². The molecule has 2 heteroatoms. The van der Waals surface area contributed by atoms with Crippen molar-refractivity contribution in [1.82, 2.24) is 0 Å². The maximum atomic E-state index is 3.95. The summed E-state index contributed by atoms with van der Waals surface area (Å²) in [4.78, 5) is 2.85. The minimum atomic E-state index is 1.24. The van der Waals surface area contributed by atoms with Gasteiger partial charge in [-0.1, -0.05) is 160 Å². The van der Waals surface area contributed by atoms with E-state index in [1.54, 1.807) is 16.7 Å². The van der Waals surface area contributed by atoms with Crippen LogP contribution >= 0.6 is 11.8 Å². The van der Waals surface area contributed by atoms with Crippen LogP contribution < -0.4 is 5.32 Å². The van der Waals surface area contributed by atoms with Crippen molar-refractivity contribution in [2.75, 3.05) is 5.32 Å². The Hall–Kier alpha value is -1.41. The predicted octanol–water partition coefficient (Wildman–Crippen LogP) is 13.8. The van der Waals surface area contributed by atoms with Crippen LogP contribution in [0.25, 0.3) is 0 Å². The monoisotopic (exact) mass is 577 g/mol. The van der Waals surface area contributed by atoms with E-state index in [0.717, 1.165) is 0 Å². The normalized spacial score (nSPS) is 12.3. The Labute approximate surface area is 259 Å². The summed E-state index contributed by atoms with van der Waals surface area (Å²) >= 11 is 2.00. The van der Waals surface area contributed by atoms with E-state index in [9.17, 15) is 0 Å². The van der Waals surface area contributed by atoms with Crippen LogP contribution in [0.5, 0.6) is 0 Å². The van der Waals surface area contributed by atoms with Crippen LogP contribution in [0.3, 0.4) is 0 Å². The zero-order chi connectivity index (χ0) is 29.0. The summed E-state index contributed by atoms with van der Waals surface area (Å²) in [7, 11) is 0. The molecule has 0 aromatic heterocycles. The lowest BCUT2D eigenvalue weighted by Crippen LogP contribution is -2.10. The molecule has 1 heterocycles. The topological polar surface area (TPSA) is 12.0 Å². The first-order valence-corrected chi connectivity index (χ1v) is 18.8. The Bertz CT molecular complexity index is 964. The van der Waals surface area contributed by atoms with Crippen molar-refractivity contribution in [2.45, 2.75) is 185 Å². The standard InChI is InChI=1S/C39H63NS/c1-4-7-10-13-16-19-22-27-33-32-38-39(40-36-30-25-26-31-37(36)41-38)35(29-24-21-18-15-12-9-6-3)34(33)28-23-20-17-14-11-8-5-2/h25-26,30-32,40H,4-24,27-29H2,1-3H3. The van der Waals surface area contributed by atoms with Gasteiger partial charge in [0.25, 0.3) is 0 Å². The molecular formula is C39H63NS. The minimum Gasteiger partial charge on any atom is -0.353 e. The number of nitrogens with one attached hydrogen (secondary N) is 1. The van der Waals surface area contributed by atoms with Crippen LogP contribution in [0, 0.1) is 0 Å². The van der Waals surface area contributed by atoms with E-state index in [1.807, 2.05) is 11.8 Å². The smallest absolute Gasteiger partial charge is 0.0561 e. The molecule has 0 radical (unpaired) electrons. The number of unbranched alkanes of at least 4 members (excludes halogenated alkanes) is 18. The molecule has 41 heavy (non-hydrogen) atoms. The molecule has 230 valence electrons. The third-order valence-corrected chi connectivity index (χ3v) is 10.2. The highest BCUT2D eigenvalue weighted by Gasteiger charge is 2.23. The number of aryl methyl sites for hydroxylation is 1. The summed E-state index contributed by atoms with van der Waals surface area (Å²) in [6.45, 7) is 6.96. The van der Waals surface area contributed by atoms with E-state index in [-0.39, 0.29) is 0 Å². The summed E-state index contributed by atoms with van der Waals surface area (Å²) in [6, 6.07) is 11.5. The average Bonchev–Trinajstić information content (AvgIpc) is 2.99. The number of hydrogen-bond acceptors (Lipinski definition) is 2. The minimum absolute atomic E-state index is 1.24. The number of hydrogen-bond donors (Lipinski definition) is 1. The first-order valence-electron chi connectivity index (χ1n) is 18.0. The lowest BCUT2D eigenvalue weighted by molar-refractivity contribution is 0.578. The molecule has 1 nitrogen and oxygen atoms in total. The molecule has 0 aliphatic carbocycles. The van der Waals surface area contributed by atoms with Crippen LogP contribution in [-0.4, -0.2) is 0 Å². The summed E-state index contributed by atoms with van der Waals surface area (Å²) in [5, 5.41) is 3.95. The number of benzene rings is 2. The van der Waals surface area contributed by atoms with Crippen molar-refractivity contribution in [3.8, 4) is 0 Å². The lowest BCUT2D eigenvalue weighted by Gasteiger charge is -2.28. The van der Waals surface area contributed by atoms with Gasteiger partial charge in [0.05, 0.1) is 11.4 Å². The Balaban J connectivity index is 1.75. The van der Waals surface area contributed by atoms with Crippen molar-refractivity contribution >= 4 is 23.1 Å². The van der Waals surface area contributed by atoms with Gasteiger partial charge < -0.3 is 5.32 Å². The van der Waals surface area contributed by atoms with Gasteiger partial charge in [0.1, 0.15) is 0 Å². The van der Waals surface area contributed by atoms with Crippen molar-refractivity contribution in [3.05, 3.63) is 47.0 Å². The zero-order valence-electron chi connectivity index (χ0n) is 27.3. The molecule has 0 atom stereocenters. The Morgan fingerprint density at radius 1 is 0.488 bits per heavy atom. The number of rotatable bonds is 24. The highest BCUT2D eigenvalue weighted by Crippen LogP contribution is 2.48. The molecule has 0 saturated carbocycles. The van der Waals surface area contributed by atoms with E-state index in [2.05, 4.69) is 56.4 Å². The number of anilines is 2. The van der Waals surface area contributed by atoms with Crippen molar-refractivity contribution < 1.29 is 0 Å². The molecule has 0 fully saturated rings. The van der Waals surface area contributed by atoms with Crippen molar-refractivity contribution in [1.29, 1.82) is 0 Å². The molecule has 0 bridgehead atoms. The highest BCUT2D eigenvalue weighted by atomic mass is 32.2. The fraction of sp³-hybridized carbons (Fsp3) is 0.692. The van der Waals surface area contributed by atoms with E-state index in [1.165, 1.54) is 175 Å². The molecule has 0 spiro atoms.